The summed E-state index contributed by atoms with van der Waals surface area (Å²) in [5.74, 6) is 0. The average Bonchev–Trinajstić information content (AvgIpc) is 4.29. The maximum Gasteiger partial charge on any atom is 0.0541 e. The van der Waals surface area contributed by atoms with Gasteiger partial charge >= 0.3 is 0 Å². The molecule has 15 rings (SSSR count). The zero-order valence-corrected chi connectivity index (χ0v) is 43.9. The molecule has 0 aliphatic rings. The minimum atomic E-state index is 1.13. The summed E-state index contributed by atoms with van der Waals surface area (Å²) in [7, 11) is 0. The van der Waals surface area contributed by atoms with Crippen molar-refractivity contribution in [3.8, 4) is 100 Å². The molecule has 0 unspecified atom stereocenters. The molecule has 0 atom stereocenters. The summed E-state index contributed by atoms with van der Waals surface area (Å²) in [5, 5.41) is 4.95. The van der Waals surface area contributed by atoms with E-state index < -0.39 is 0 Å². The molecule has 2 heterocycles. The largest absolute Gasteiger partial charge is 0.309 e. The highest BCUT2D eigenvalue weighted by Gasteiger charge is 2.19. The number of nitrogens with zero attached hydrogens (tertiary/aromatic N) is 2. The summed E-state index contributed by atoms with van der Waals surface area (Å²) in [5.41, 5.74) is 26.3. The molecule has 15 aromatic rings. The lowest BCUT2D eigenvalue weighted by atomic mass is 9.92. The Bertz CT molecular complexity index is 4790. The van der Waals surface area contributed by atoms with Gasteiger partial charge in [0.25, 0.3) is 0 Å². The lowest BCUT2D eigenvalue weighted by Gasteiger charge is -2.14. The lowest BCUT2D eigenvalue weighted by molar-refractivity contribution is 1.18. The SMILES string of the molecule is c1ccc(-c2ccccc2-c2ccc(-c3cccc(-c4cccc(-c5ccc(-c6cccc(-n7c8ccccc8c8cc(-c9ccc%10c(c9)c9ccccc9n%10-c9ccccc9-c9ccccc9)ccc87)c6)cc5)c4)c3)cc2)cc1. The van der Waals surface area contributed by atoms with Crippen LogP contribution >= 0.6 is 0 Å². The second kappa shape index (κ2) is 19.8. The van der Waals surface area contributed by atoms with Crippen molar-refractivity contribution in [3.05, 3.63) is 315 Å². The van der Waals surface area contributed by atoms with E-state index >= 15 is 0 Å². The molecule has 13 aromatic carbocycles. The van der Waals surface area contributed by atoms with E-state index in [2.05, 4.69) is 325 Å². The third kappa shape index (κ3) is 8.30. The summed E-state index contributed by atoms with van der Waals surface area (Å²) < 4.78 is 4.86. The van der Waals surface area contributed by atoms with E-state index in [0.29, 0.717) is 0 Å². The maximum atomic E-state index is 2.43. The Balaban J connectivity index is 0.711. The van der Waals surface area contributed by atoms with Crippen molar-refractivity contribution < 1.29 is 0 Å². The molecule has 0 aliphatic heterocycles. The number of benzene rings is 13. The molecule has 0 amide bonds. The monoisotopic (exact) mass is 1020 g/mol. The molecule has 80 heavy (non-hydrogen) atoms. The van der Waals surface area contributed by atoms with Crippen LogP contribution in [0.2, 0.25) is 0 Å². The van der Waals surface area contributed by atoms with Gasteiger partial charge in [0.1, 0.15) is 0 Å². The number of hydrogen-bond donors (Lipinski definition) is 0. The van der Waals surface area contributed by atoms with Crippen LogP contribution in [0.1, 0.15) is 0 Å². The predicted molar refractivity (Wildman–Crippen MR) is 339 cm³/mol. The van der Waals surface area contributed by atoms with Crippen molar-refractivity contribution in [1.29, 1.82) is 0 Å². The maximum absolute atomic E-state index is 2.43. The van der Waals surface area contributed by atoms with Gasteiger partial charge in [0.15, 0.2) is 0 Å². The first kappa shape index (κ1) is 46.7. The van der Waals surface area contributed by atoms with E-state index in [-0.39, 0.29) is 0 Å². The van der Waals surface area contributed by atoms with Gasteiger partial charge in [-0.2, -0.15) is 0 Å². The number of aromatic nitrogens is 2. The third-order valence-electron chi connectivity index (χ3n) is 16.2. The molecule has 0 spiro atoms. The van der Waals surface area contributed by atoms with E-state index in [1.807, 2.05) is 0 Å². The number of rotatable bonds is 10. The van der Waals surface area contributed by atoms with Crippen molar-refractivity contribution in [3.63, 3.8) is 0 Å². The van der Waals surface area contributed by atoms with Crippen LogP contribution in [0, 0.1) is 0 Å². The van der Waals surface area contributed by atoms with Gasteiger partial charge in [-0.1, -0.05) is 249 Å². The lowest BCUT2D eigenvalue weighted by Crippen LogP contribution is -1.97. The van der Waals surface area contributed by atoms with Gasteiger partial charge in [0.05, 0.1) is 27.8 Å². The minimum absolute atomic E-state index is 1.13. The van der Waals surface area contributed by atoms with Gasteiger partial charge in [0, 0.05) is 32.8 Å². The highest BCUT2D eigenvalue weighted by Crippen LogP contribution is 2.41. The molecule has 0 bridgehead atoms. The molecular formula is C78H52N2. The number of para-hydroxylation sites is 3. The highest BCUT2D eigenvalue weighted by atomic mass is 15.0. The zero-order valence-electron chi connectivity index (χ0n) is 43.9. The first-order chi connectivity index (χ1) is 39.7. The zero-order chi connectivity index (χ0) is 52.9. The summed E-state index contributed by atoms with van der Waals surface area (Å²) in [6.45, 7) is 0. The Hall–Kier alpha value is -10.5. The van der Waals surface area contributed by atoms with Crippen molar-refractivity contribution in [2.24, 2.45) is 0 Å². The molecule has 0 fully saturated rings. The topological polar surface area (TPSA) is 9.86 Å². The molecule has 2 aromatic heterocycles. The fourth-order valence-electron chi connectivity index (χ4n) is 12.3. The molecule has 374 valence electrons. The number of hydrogen-bond acceptors (Lipinski definition) is 0. The molecule has 2 heteroatoms. The van der Waals surface area contributed by atoms with Crippen LogP contribution in [-0.4, -0.2) is 9.13 Å². The Labute approximate surface area is 466 Å². The van der Waals surface area contributed by atoms with Crippen LogP contribution in [0.25, 0.3) is 144 Å². The molecule has 0 saturated heterocycles. The molecule has 2 nitrogen and oxygen atoms in total. The van der Waals surface area contributed by atoms with Crippen LogP contribution in [-0.2, 0) is 0 Å². The van der Waals surface area contributed by atoms with Crippen molar-refractivity contribution in [1.82, 2.24) is 9.13 Å². The van der Waals surface area contributed by atoms with Gasteiger partial charge in [-0.05, 0) is 150 Å². The fourth-order valence-corrected chi connectivity index (χ4v) is 12.3. The van der Waals surface area contributed by atoms with Crippen molar-refractivity contribution >= 4 is 43.6 Å². The Kier molecular flexibility index (Phi) is 11.6. The Morgan fingerprint density at radius 3 is 1.02 bits per heavy atom. The average molecular weight is 1020 g/mol. The van der Waals surface area contributed by atoms with Crippen molar-refractivity contribution in [2.45, 2.75) is 0 Å². The van der Waals surface area contributed by atoms with Gasteiger partial charge in [0.2, 0.25) is 0 Å². The molecule has 0 N–H and O–H groups in total. The summed E-state index contributed by atoms with van der Waals surface area (Å²) in [4.78, 5) is 0. The minimum Gasteiger partial charge on any atom is -0.309 e. The van der Waals surface area contributed by atoms with Crippen LogP contribution in [0.15, 0.2) is 315 Å². The summed E-state index contributed by atoms with van der Waals surface area (Å²) in [6, 6.07) is 115. The molecule has 0 saturated carbocycles. The van der Waals surface area contributed by atoms with E-state index in [1.165, 1.54) is 138 Å². The van der Waals surface area contributed by atoms with E-state index in [1.54, 1.807) is 0 Å². The normalized spacial score (nSPS) is 11.5. The van der Waals surface area contributed by atoms with Gasteiger partial charge in [-0.3, -0.25) is 0 Å². The van der Waals surface area contributed by atoms with E-state index in [4.69, 9.17) is 0 Å². The summed E-state index contributed by atoms with van der Waals surface area (Å²) >= 11 is 0. The van der Waals surface area contributed by atoms with Gasteiger partial charge in [-0.15, -0.1) is 0 Å². The van der Waals surface area contributed by atoms with Crippen LogP contribution in [0.4, 0.5) is 0 Å². The third-order valence-corrected chi connectivity index (χ3v) is 16.2. The molecule has 0 radical (unpaired) electrons. The Morgan fingerprint density at radius 2 is 0.487 bits per heavy atom. The smallest absolute Gasteiger partial charge is 0.0541 e. The Morgan fingerprint density at radius 1 is 0.163 bits per heavy atom. The standard InChI is InChI=1S/C78H52N2/c1-3-18-56(19-4-1)67-28-7-8-29-68(67)58-42-40-54(41-43-58)60-23-16-25-62(49-60)61-24-15-22-59(48-61)53-36-38-55(39-37-53)63-26-17-27-66(50-63)79-75-34-13-10-31-70(75)72-51-64(44-46-77(72)79)65-45-47-78-73(52-65)71-32-11-14-35-76(71)80(78)74-33-12-9-30-69(74)57-20-5-2-6-21-57/h1-52H. The molecule has 0 aliphatic carbocycles. The fraction of sp³-hybridized carbons (Fsp3) is 0. The van der Waals surface area contributed by atoms with E-state index in [9.17, 15) is 0 Å². The van der Waals surface area contributed by atoms with E-state index in [0.717, 1.165) is 5.69 Å². The van der Waals surface area contributed by atoms with Gasteiger partial charge in [-0.25, -0.2) is 0 Å². The first-order valence-corrected chi connectivity index (χ1v) is 27.6. The van der Waals surface area contributed by atoms with Crippen molar-refractivity contribution in [2.75, 3.05) is 0 Å². The van der Waals surface area contributed by atoms with Crippen LogP contribution in [0.3, 0.4) is 0 Å². The van der Waals surface area contributed by atoms with Gasteiger partial charge < -0.3 is 9.13 Å². The predicted octanol–water partition coefficient (Wildman–Crippen LogP) is 21.2. The molecular weight excluding hydrogens is 965 g/mol. The summed E-state index contributed by atoms with van der Waals surface area (Å²) in [6.07, 6.45) is 0. The highest BCUT2D eigenvalue weighted by molar-refractivity contribution is 6.13. The second-order valence-corrected chi connectivity index (χ2v) is 20.8. The van der Waals surface area contributed by atoms with Crippen LogP contribution < -0.4 is 0 Å². The quantitative estimate of drug-likeness (QED) is 0.129. The van der Waals surface area contributed by atoms with Crippen LogP contribution in [0.5, 0.6) is 0 Å². The second-order valence-electron chi connectivity index (χ2n) is 20.8. The number of fused-ring (bicyclic) bond motifs is 6. The first-order valence-electron chi connectivity index (χ1n) is 27.6.